The number of rotatable bonds is 5. The summed E-state index contributed by atoms with van der Waals surface area (Å²) in [5.74, 6) is 0.723. The van der Waals surface area contributed by atoms with Crippen LogP contribution in [-0.2, 0) is 0 Å². The van der Waals surface area contributed by atoms with Gasteiger partial charge in [0.1, 0.15) is 16.5 Å². The number of carbonyl (C=O) groups excluding carboxylic acids is 1. The molecule has 0 saturated heterocycles. The summed E-state index contributed by atoms with van der Waals surface area (Å²) in [6.07, 6.45) is 0. The van der Waals surface area contributed by atoms with E-state index in [9.17, 15) is 4.79 Å². The van der Waals surface area contributed by atoms with Gasteiger partial charge in [-0.3, -0.25) is 4.79 Å². The third-order valence-corrected chi connectivity index (χ3v) is 5.13. The van der Waals surface area contributed by atoms with E-state index in [0.29, 0.717) is 5.69 Å². The molecule has 1 atom stereocenters. The molecule has 0 spiro atoms. The molecule has 5 heteroatoms. The number of ether oxygens (including phenoxy) is 1. The van der Waals surface area contributed by atoms with Crippen molar-refractivity contribution in [1.29, 1.82) is 0 Å². The highest BCUT2D eigenvalue weighted by Crippen LogP contribution is 2.27. The maximum absolute atomic E-state index is 12.8. The number of aromatic nitrogens is 1. The first-order valence-corrected chi connectivity index (χ1v) is 8.90. The van der Waals surface area contributed by atoms with Gasteiger partial charge < -0.3 is 9.64 Å². The first-order chi connectivity index (χ1) is 12.1. The van der Waals surface area contributed by atoms with E-state index in [1.807, 2.05) is 73.9 Å². The lowest BCUT2D eigenvalue weighted by atomic mass is 10.1. The third-order valence-electron chi connectivity index (χ3n) is 4.24. The molecule has 128 valence electrons. The number of carbonyl (C=O) groups is 1. The van der Waals surface area contributed by atoms with Crippen molar-refractivity contribution in [2.75, 3.05) is 14.2 Å². The molecule has 0 N–H and O–H groups in total. The zero-order chi connectivity index (χ0) is 17.8. The van der Waals surface area contributed by atoms with Gasteiger partial charge in [0.2, 0.25) is 0 Å². The van der Waals surface area contributed by atoms with Gasteiger partial charge in [0, 0.05) is 18.0 Å². The van der Waals surface area contributed by atoms with Crippen molar-refractivity contribution in [3.8, 4) is 16.3 Å². The Kier molecular flexibility index (Phi) is 5.14. The topological polar surface area (TPSA) is 42.4 Å². The minimum absolute atomic E-state index is 0.0140. The molecular formula is C20H20N2O2S. The van der Waals surface area contributed by atoms with Crippen molar-refractivity contribution >= 4 is 17.2 Å². The molecule has 1 aromatic heterocycles. The first-order valence-electron chi connectivity index (χ1n) is 8.02. The average molecular weight is 352 g/mol. The molecule has 2 aromatic carbocycles. The molecule has 3 rings (SSSR count). The van der Waals surface area contributed by atoms with Crippen molar-refractivity contribution in [1.82, 2.24) is 9.88 Å². The van der Waals surface area contributed by atoms with Crippen LogP contribution in [0.2, 0.25) is 0 Å². The van der Waals surface area contributed by atoms with Gasteiger partial charge >= 0.3 is 0 Å². The summed E-state index contributed by atoms with van der Waals surface area (Å²) in [5.41, 5.74) is 2.55. The van der Waals surface area contributed by atoms with Crippen LogP contribution in [0.5, 0.6) is 5.75 Å². The molecule has 0 bridgehead atoms. The summed E-state index contributed by atoms with van der Waals surface area (Å²) in [6.45, 7) is 2.02. The summed E-state index contributed by atoms with van der Waals surface area (Å²) in [6, 6.07) is 17.6. The molecule has 0 aliphatic carbocycles. The quantitative estimate of drug-likeness (QED) is 0.671. The minimum atomic E-state index is -0.0765. The number of methoxy groups -OCH3 is 1. The molecule has 0 aliphatic heterocycles. The molecule has 3 aromatic rings. The molecule has 25 heavy (non-hydrogen) atoms. The molecule has 0 aliphatic rings. The van der Waals surface area contributed by atoms with Crippen LogP contribution in [0.1, 0.15) is 29.0 Å². The lowest BCUT2D eigenvalue weighted by Gasteiger charge is -2.24. The van der Waals surface area contributed by atoms with E-state index >= 15 is 0 Å². The van der Waals surface area contributed by atoms with Crippen LogP contribution in [0.25, 0.3) is 10.6 Å². The lowest BCUT2D eigenvalue weighted by molar-refractivity contribution is 0.0737. The SMILES string of the molecule is COc1ccc(-c2nc(C(=O)N(C)C(C)c3ccccc3)cs2)cc1. The standard InChI is InChI=1S/C20H20N2O2S/c1-14(15-7-5-4-6-8-15)22(2)20(23)18-13-25-19(21-18)16-9-11-17(24-3)12-10-16/h4-14H,1-3H3. The largest absolute Gasteiger partial charge is 0.497 e. The Hall–Kier alpha value is -2.66. The van der Waals surface area contributed by atoms with E-state index in [1.165, 1.54) is 11.3 Å². The summed E-state index contributed by atoms with van der Waals surface area (Å²) in [5, 5.41) is 2.64. The maximum atomic E-state index is 12.8. The Balaban J connectivity index is 1.77. The smallest absolute Gasteiger partial charge is 0.273 e. The van der Waals surface area contributed by atoms with Gasteiger partial charge in [0.25, 0.3) is 5.91 Å². The van der Waals surface area contributed by atoms with Crippen LogP contribution in [0.15, 0.2) is 60.0 Å². The highest BCUT2D eigenvalue weighted by atomic mass is 32.1. The molecule has 1 heterocycles. The van der Waals surface area contributed by atoms with E-state index in [2.05, 4.69) is 4.98 Å². The van der Waals surface area contributed by atoms with E-state index in [-0.39, 0.29) is 11.9 Å². The zero-order valence-corrected chi connectivity index (χ0v) is 15.3. The zero-order valence-electron chi connectivity index (χ0n) is 14.5. The van der Waals surface area contributed by atoms with E-state index in [4.69, 9.17) is 4.74 Å². The molecule has 1 unspecified atom stereocenters. The number of benzene rings is 2. The fourth-order valence-electron chi connectivity index (χ4n) is 2.55. The Morgan fingerprint density at radius 3 is 2.44 bits per heavy atom. The van der Waals surface area contributed by atoms with Crippen molar-refractivity contribution in [2.24, 2.45) is 0 Å². The van der Waals surface area contributed by atoms with Crippen molar-refractivity contribution in [3.05, 3.63) is 71.2 Å². The van der Waals surface area contributed by atoms with Crippen LogP contribution in [0.4, 0.5) is 0 Å². The van der Waals surface area contributed by atoms with Crippen LogP contribution in [0, 0.1) is 0 Å². The first kappa shape index (κ1) is 17.2. The molecule has 0 fully saturated rings. The fourth-order valence-corrected chi connectivity index (χ4v) is 3.35. The molecule has 0 saturated carbocycles. The third kappa shape index (κ3) is 3.72. The average Bonchev–Trinajstić information content (AvgIpc) is 3.17. The second-order valence-corrected chi connectivity index (χ2v) is 6.63. The molecule has 0 radical (unpaired) electrons. The number of nitrogens with zero attached hydrogens (tertiary/aromatic N) is 2. The highest BCUT2D eigenvalue weighted by molar-refractivity contribution is 7.13. The van der Waals surface area contributed by atoms with Crippen LogP contribution >= 0.6 is 11.3 Å². The molecule has 4 nitrogen and oxygen atoms in total. The van der Waals surface area contributed by atoms with Gasteiger partial charge in [-0.25, -0.2) is 4.98 Å². The van der Waals surface area contributed by atoms with Gasteiger partial charge in [0.05, 0.1) is 13.2 Å². The Bertz CT molecular complexity index is 844. The predicted octanol–water partition coefficient (Wildman–Crippen LogP) is 4.65. The minimum Gasteiger partial charge on any atom is -0.497 e. The Morgan fingerprint density at radius 2 is 1.80 bits per heavy atom. The summed E-state index contributed by atoms with van der Waals surface area (Å²) in [4.78, 5) is 19.0. The summed E-state index contributed by atoms with van der Waals surface area (Å²) >= 11 is 1.47. The van der Waals surface area contributed by atoms with Crippen LogP contribution in [-0.4, -0.2) is 29.9 Å². The number of thiazole rings is 1. The van der Waals surface area contributed by atoms with Gasteiger partial charge in [-0.2, -0.15) is 0 Å². The van der Waals surface area contributed by atoms with Crippen molar-refractivity contribution < 1.29 is 9.53 Å². The maximum Gasteiger partial charge on any atom is 0.273 e. The number of hydrogen-bond donors (Lipinski definition) is 0. The van der Waals surface area contributed by atoms with Crippen molar-refractivity contribution in [3.63, 3.8) is 0 Å². The van der Waals surface area contributed by atoms with E-state index in [1.54, 1.807) is 12.0 Å². The number of hydrogen-bond acceptors (Lipinski definition) is 4. The molecule has 1 amide bonds. The summed E-state index contributed by atoms with van der Waals surface area (Å²) in [7, 11) is 3.45. The predicted molar refractivity (Wildman–Crippen MR) is 101 cm³/mol. The second kappa shape index (κ2) is 7.49. The van der Waals surface area contributed by atoms with E-state index in [0.717, 1.165) is 21.9 Å². The van der Waals surface area contributed by atoms with Gasteiger partial charge in [-0.1, -0.05) is 30.3 Å². The normalized spacial score (nSPS) is 11.8. The van der Waals surface area contributed by atoms with Gasteiger partial charge in [-0.05, 0) is 36.8 Å². The summed E-state index contributed by atoms with van der Waals surface area (Å²) < 4.78 is 5.17. The Morgan fingerprint density at radius 1 is 1.12 bits per heavy atom. The number of amides is 1. The van der Waals surface area contributed by atoms with Crippen LogP contribution < -0.4 is 4.74 Å². The lowest BCUT2D eigenvalue weighted by Crippen LogP contribution is -2.29. The van der Waals surface area contributed by atoms with E-state index < -0.39 is 0 Å². The second-order valence-electron chi connectivity index (χ2n) is 5.77. The monoisotopic (exact) mass is 352 g/mol. The van der Waals surface area contributed by atoms with Crippen molar-refractivity contribution in [2.45, 2.75) is 13.0 Å². The fraction of sp³-hybridized carbons (Fsp3) is 0.200. The highest BCUT2D eigenvalue weighted by Gasteiger charge is 2.21. The van der Waals surface area contributed by atoms with Gasteiger partial charge in [-0.15, -0.1) is 11.3 Å². The Labute approximate surface area is 151 Å². The van der Waals surface area contributed by atoms with Crippen LogP contribution in [0.3, 0.4) is 0 Å². The van der Waals surface area contributed by atoms with Gasteiger partial charge in [0.15, 0.2) is 0 Å². The molecular weight excluding hydrogens is 332 g/mol.